The third kappa shape index (κ3) is 4.11. The van der Waals surface area contributed by atoms with Crippen molar-refractivity contribution in [2.24, 2.45) is 15.2 Å². The molecule has 0 spiro atoms. The lowest BCUT2D eigenvalue weighted by Gasteiger charge is -2.06. The Bertz CT molecular complexity index is 1230. The van der Waals surface area contributed by atoms with Crippen molar-refractivity contribution in [2.75, 3.05) is 0 Å². The van der Waals surface area contributed by atoms with E-state index in [4.69, 9.17) is 0 Å². The Hall–Kier alpha value is -4.06. The number of rotatable bonds is 4. The van der Waals surface area contributed by atoms with E-state index >= 15 is 0 Å². The summed E-state index contributed by atoms with van der Waals surface area (Å²) in [6, 6.07) is 21.4. The van der Waals surface area contributed by atoms with E-state index in [2.05, 4.69) is 20.2 Å². The molecule has 6 heteroatoms. The maximum Gasteiger partial charge on any atom is 0.128 e. The van der Waals surface area contributed by atoms with Crippen molar-refractivity contribution in [3.63, 3.8) is 0 Å². The minimum atomic E-state index is -0.0459. The summed E-state index contributed by atoms with van der Waals surface area (Å²) < 4.78 is 0. The summed E-state index contributed by atoms with van der Waals surface area (Å²) in [6.07, 6.45) is 1.54. The standard InChI is InChI=1S/C23H18N4O2/c1-15-7-10-19-20(27-26-17-5-3-2-4-6-17)11-12-21(23(19)25-15)24-14-16-8-9-18(28)13-22(16)29/h2-14,28-29H,1H3. The SMILES string of the molecule is Cc1ccc2c(N=Nc3ccccc3)ccc(N=Cc3ccc(O)cc3O)c2n1. The van der Waals surface area contributed by atoms with Crippen LogP contribution in [-0.4, -0.2) is 21.4 Å². The van der Waals surface area contributed by atoms with Gasteiger partial charge in [-0.2, -0.15) is 5.11 Å². The first-order valence-electron chi connectivity index (χ1n) is 9.03. The summed E-state index contributed by atoms with van der Waals surface area (Å²) in [4.78, 5) is 9.12. The lowest BCUT2D eigenvalue weighted by atomic mass is 10.1. The van der Waals surface area contributed by atoms with Crippen molar-refractivity contribution in [1.82, 2.24) is 4.98 Å². The zero-order valence-corrected chi connectivity index (χ0v) is 15.7. The number of benzene rings is 3. The number of pyridine rings is 1. The minimum absolute atomic E-state index is 0.00415. The predicted octanol–water partition coefficient (Wildman–Crippen LogP) is 6.12. The molecule has 1 aromatic heterocycles. The lowest BCUT2D eigenvalue weighted by molar-refractivity contribution is 0.450. The molecule has 0 aliphatic rings. The van der Waals surface area contributed by atoms with Gasteiger partial charge in [0.2, 0.25) is 0 Å². The molecule has 4 aromatic rings. The molecule has 0 fully saturated rings. The molecule has 0 radical (unpaired) electrons. The van der Waals surface area contributed by atoms with Gasteiger partial charge in [0.15, 0.2) is 0 Å². The normalized spacial score (nSPS) is 11.6. The fraction of sp³-hybridized carbons (Fsp3) is 0.0435. The van der Waals surface area contributed by atoms with Crippen molar-refractivity contribution >= 4 is 34.2 Å². The summed E-state index contributed by atoms with van der Waals surface area (Å²) in [5, 5.41) is 28.9. The smallest absolute Gasteiger partial charge is 0.128 e. The van der Waals surface area contributed by atoms with Gasteiger partial charge < -0.3 is 10.2 Å². The molecule has 0 bridgehead atoms. The Morgan fingerprint density at radius 1 is 0.828 bits per heavy atom. The van der Waals surface area contributed by atoms with Gasteiger partial charge in [-0.3, -0.25) is 9.98 Å². The van der Waals surface area contributed by atoms with Crippen molar-refractivity contribution < 1.29 is 10.2 Å². The quantitative estimate of drug-likeness (QED) is 0.329. The summed E-state index contributed by atoms with van der Waals surface area (Å²) in [5.74, 6) is -0.0500. The van der Waals surface area contributed by atoms with Crippen LogP contribution in [0, 0.1) is 6.92 Å². The van der Waals surface area contributed by atoms with Crippen LogP contribution in [0.3, 0.4) is 0 Å². The number of nitrogens with zero attached hydrogens (tertiary/aromatic N) is 4. The van der Waals surface area contributed by atoms with Crippen LogP contribution < -0.4 is 0 Å². The van der Waals surface area contributed by atoms with Crippen LogP contribution in [0.5, 0.6) is 11.5 Å². The van der Waals surface area contributed by atoms with Crippen LogP contribution in [0.1, 0.15) is 11.3 Å². The minimum Gasteiger partial charge on any atom is -0.508 e. The van der Waals surface area contributed by atoms with E-state index in [1.807, 2.05) is 61.5 Å². The van der Waals surface area contributed by atoms with E-state index in [1.165, 1.54) is 12.1 Å². The number of phenols is 2. The Kier molecular flexibility index (Phi) is 4.99. The van der Waals surface area contributed by atoms with Crippen LogP contribution in [-0.2, 0) is 0 Å². The molecule has 142 valence electrons. The molecular formula is C23H18N4O2. The number of aromatic nitrogens is 1. The van der Waals surface area contributed by atoms with Gasteiger partial charge in [-0.1, -0.05) is 18.2 Å². The van der Waals surface area contributed by atoms with Gasteiger partial charge in [0.1, 0.15) is 11.5 Å². The van der Waals surface area contributed by atoms with Crippen LogP contribution in [0.25, 0.3) is 10.9 Å². The number of aromatic hydroxyl groups is 2. The molecule has 0 atom stereocenters. The Morgan fingerprint density at radius 2 is 1.62 bits per heavy atom. The molecule has 0 saturated heterocycles. The first-order chi connectivity index (χ1) is 14.1. The fourth-order valence-corrected chi connectivity index (χ4v) is 2.86. The van der Waals surface area contributed by atoms with Crippen LogP contribution in [0.15, 0.2) is 88.0 Å². The molecule has 0 aliphatic heterocycles. The largest absolute Gasteiger partial charge is 0.508 e. The Labute approximate surface area is 167 Å². The van der Waals surface area contributed by atoms with Gasteiger partial charge >= 0.3 is 0 Å². The third-order valence-electron chi connectivity index (χ3n) is 4.34. The topological polar surface area (TPSA) is 90.4 Å². The van der Waals surface area contributed by atoms with Crippen molar-refractivity contribution in [3.8, 4) is 11.5 Å². The second kappa shape index (κ2) is 7.90. The molecule has 0 unspecified atom stereocenters. The number of phenolic OH excluding ortho intramolecular Hbond substituents is 2. The van der Waals surface area contributed by atoms with E-state index in [-0.39, 0.29) is 11.5 Å². The summed E-state index contributed by atoms with van der Waals surface area (Å²) in [7, 11) is 0. The Balaban J connectivity index is 1.75. The second-order valence-corrected chi connectivity index (χ2v) is 6.49. The predicted molar refractivity (Wildman–Crippen MR) is 114 cm³/mol. The van der Waals surface area contributed by atoms with Crippen molar-refractivity contribution in [2.45, 2.75) is 6.92 Å². The number of azo groups is 1. The van der Waals surface area contributed by atoms with Gasteiger partial charge in [0, 0.05) is 28.9 Å². The third-order valence-corrected chi connectivity index (χ3v) is 4.34. The molecule has 4 rings (SSSR count). The number of hydrogen-bond donors (Lipinski definition) is 2. The highest BCUT2D eigenvalue weighted by molar-refractivity contribution is 5.99. The molecule has 0 saturated carbocycles. The molecule has 6 nitrogen and oxygen atoms in total. The molecule has 29 heavy (non-hydrogen) atoms. The monoisotopic (exact) mass is 382 g/mol. The van der Waals surface area contributed by atoms with Crippen molar-refractivity contribution in [1.29, 1.82) is 0 Å². The maximum absolute atomic E-state index is 9.95. The first-order valence-corrected chi connectivity index (χ1v) is 9.03. The van der Waals surface area contributed by atoms with Crippen molar-refractivity contribution in [3.05, 3.63) is 84.1 Å². The molecule has 0 amide bonds. The van der Waals surface area contributed by atoms with Gasteiger partial charge in [-0.25, -0.2) is 0 Å². The first kappa shape index (κ1) is 18.3. The van der Waals surface area contributed by atoms with Gasteiger partial charge in [-0.05, 0) is 55.5 Å². The average molecular weight is 382 g/mol. The van der Waals surface area contributed by atoms with E-state index in [0.717, 1.165) is 16.8 Å². The van der Waals surface area contributed by atoms with E-state index in [1.54, 1.807) is 12.3 Å². The maximum atomic E-state index is 9.95. The molecular weight excluding hydrogens is 364 g/mol. The van der Waals surface area contributed by atoms with E-state index < -0.39 is 0 Å². The van der Waals surface area contributed by atoms with E-state index in [0.29, 0.717) is 22.5 Å². The molecule has 3 aromatic carbocycles. The number of aryl methyl sites for hydroxylation is 1. The lowest BCUT2D eigenvalue weighted by Crippen LogP contribution is -1.86. The number of hydrogen-bond acceptors (Lipinski definition) is 6. The highest BCUT2D eigenvalue weighted by Crippen LogP contribution is 2.33. The zero-order valence-electron chi connectivity index (χ0n) is 15.7. The molecule has 1 heterocycles. The van der Waals surface area contributed by atoms with Crippen LogP contribution >= 0.6 is 0 Å². The van der Waals surface area contributed by atoms with Gasteiger partial charge in [-0.15, -0.1) is 5.11 Å². The van der Waals surface area contributed by atoms with Crippen LogP contribution in [0.4, 0.5) is 17.1 Å². The highest BCUT2D eigenvalue weighted by Gasteiger charge is 2.08. The fourth-order valence-electron chi connectivity index (χ4n) is 2.86. The zero-order chi connectivity index (χ0) is 20.2. The summed E-state index contributed by atoms with van der Waals surface area (Å²) in [6.45, 7) is 1.91. The number of aliphatic imine (C=N–C) groups is 1. The summed E-state index contributed by atoms with van der Waals surface area (Å²) in [5.41, 5.74) is 4.17. The Morgan fingerprint density at radius 3 is 2.41 bits per heavy atom. The van der Waals surface area contributed by atoms with Gasteiger partial charge in [0.25, 0.3) is 0 Å². The highest BCUT2D eigenvalue weighted by atomic mass is 16.3. The van der Waals surface area contributed by atoms with Crippen LogP contribution in [0.2, 0.25) is 0 Å². The second-order valence-electron chi connectivity index (χ2n) is 6.49. The molecule has 0 aliphatic carbocycles. The van der Waals surface area contributed by atoms with Gasteiger partial charge in [0.05, 0.1) is 22.6 Å². The molecule has 2 N–H and O–H groups in total. The number of fused-ring (bicyclic) bond motifs is 1. The average Bonchev–Trinajstić information content (AvgIpc) is 2.72. The summed E-state index contributed by atoms with van der Waals surface area (Å²) >= 11 is 0. The van der Waals surface area contributed by atoms with E-state index in [9.17, 15) is 10.2 Å².